The molecular weight excluding hydrogens is 433 g/mol. The van der Waals surface area contributed by atoms with Crippen molar-refractivity contribution in [2.24, 2.45) is 0 Å². The Morgan fingerprint density at radius 1 is 1.00 bits per heavy atom. The van der Waals surface area contributed by atoms with Crippen LogP contribution in [0.2, 0.25) is 0 Å². The number of carbonyl (C=O) groups excluding carboxylic acids is 1. The summed E-state index contributed by atoms with van der Waals surface area (Å²) < 4.78 is 15.9. The molecule has 3 aromatic carbocycles. The number of Topliss-reactive ketones (excluding diaryl/α,β-unsaturated/α-hetero) is 1. The third-order valence-corrected chi connectivity index (χ3v) is 5.14. The number of fused-ring (bicyclic) bond motifs is 1. The summed E-state index contributed by atoms with van der Waals surface area (Å²) in [6.07, 6.45) is 0.0893. The van der Waals surface area contributed by atoms with E-state index in [-0.39, 0.29) is 55.3 Å². The van der Waals surface area contributed by atoms with Crippen molar-refractivity contribution in [3.8, 4) is 17.2 Å². The summed E-state index contributed by atoms with van der Waals surface area (Å²) >= 11 is 0. The number of hydrogen-bond donors (Lipinski definition) is 2. The van der Waals surface area contributed by atoms with Crippen LogP contribution >= 0.6 is 0 Å². The number of nitrogens with two attached hydrogens (primary N) is 1. The van der Waals surface area contributed by atoms with E-state index in [4.69, 9.17) is 19.9 Å². The molecule has 0 atom stereocenters. The van der Waals surface area contributed by atoms with Gasteiger partial charge in [-0.05, 0) is 59.7 Å². The second-order valence-corrected chi connectivity index (χ2v) is 7.21. The first kappa shape index (κ1) is 24.4. The Balaban J connectivity index is 0.00000204. The Labute approximate surface area is 214 Å². The minimum atomic E-state index is -1.22. The topological polar surface area (TPSA) is 108 Å². The molecule has 4 rings (SSSR count). The average molecular weight is 455 g/mol. The Hall–Kier alpha value is -3.26. The normalized spacial score (nSPS) is 12.4. The van der Waals surface area contributed by atoms with Crippen LogP contribution in [0.1, 0.15) is 22.9 Å². The summed E-state index contributed by atoms with van der Waals surface area (Å²) in [6.45, 7) is 0.0613. The van der Waals surface area contributed by atoms with Crippen molar-refractivity contribution in [2.45, 2.75) is 6.42 Å². The third kappa shape index (κ3) is 5.39. The van der Waals surface area contributed by atoms with E-state index in [1.54, 1.807) is 66.7 Å². The summed E-state index contributed by atoms with van der Waals surface area (Å²) in [5.74, 6) is -0.0641. The van der Waals surface area contributed by atoms with Gasteiger partial charge in [-0.15, -0.1) is 0 Å². The van der Waals surface area contributed by atoms with Crippen molar-refractivity contribution in [1.82, 2.24) is 0 Å². The Morgan fingerprint density at radius 3 is 2.36 bits per heavy atom. The molecule has 0 bridgehead atoms. The summed E-state index contributed by atoms with van der Waals surface area (Å²) in [5.41, 5.74) is 7.88. The summed E-state index contributed by atoms with van der Waals surface area (Å²) in [7, 11) is 1.53. The number of anilines is 1. The number of methoxy groups -OCH3 is 1. The largest absolute Gasteiger partial charge is 1.00 e. The maximum Gasteiger partial charge on any atom is 1.00 e. The van der Waals surface area contributed by atoms with E-state index < -0.39 is 11.8 Å². The molecule has 0 radical (unpaired) electrons. The van der Waals surface area contributed by atoms with Crippen LogP contribution in [0.3, 0.4) is 0 Å². The summed E-state index contributed by atoms with van der Waals surface area (Å²) in [4.78, 5) is 25.9. The minimum absolute atomic E-state index is 0. The number of ether oxygens (including phenoxy) is 3. The molecule has 1 heterocycles. The van der Waals surface area contributed by atoms with Gasteiger partial charge in [-0.25, -0.2) is 4.79 Å². The molecule has 0 aliphatic carbocycles. The molecule has 164 valence electrons. The zero-order valence-electron chi connectivity index (χ0n) is 19.3. The van der Waals surface area contributed by atoms with E-state index in [1.165, 1.54) is 7.11 Å². The fourth-order valence-corrected chi connectivity index (χ4v) is 3.58. The molecule has 3 N–H and O–H groups in total. The fraction of sp³-hybridized carbons (Fsp3) is 0.120. The predicted octanol–water partition coefficient (Wildman–Crippen LogP) is 1.09. The quantitative estimate of drug-likeness (QED) is 0.238. The second kappa shape index (κ2) is 10.6. The van der Waals surface area contributed by atoms with Crippen LogP contribution in [-0.4, -0.2) is 30.8 Å². The Bertz CT molecular complexity index is 1230. The Morgan fingerprint density at radius 2 is 1.70 bits per heavy atom. The third-order valence-electron chi connectivity index (χ3n) is 5.14. The first-order valence-electron chi connectivity index (χ1n) is 9.86. The molecule has 3 aromatic rings. The zero-order chi connectivity index (χ0) is 22.7. The summed E-state index contributed by atoms with van der Waals surface area (Å²) in [6, 6.07) is 18.4. The molecule has 0 fully saturated rings. The molecule has 0 spiro atoms. The van der Waals surface area contributed by atoms with E-state index in [0.717, 1.165) is 5.56 Å². The number of allylic oxidation sites excluding steroid dienone is 1. The Kier molecular flexibility index (Phi) is 7.81. The number of nitrogen functional groups attached to an aromatic ring is 1. The second-order valence-electron chi connectivity index (χ2n) is 7.21. The van der Waals surface area contributed by atoms with Gasteiger partial charge in [-0.2, -0.15) is 0 Å². The van der Waals surface area contributed by atoms with Crippen molar-refractivity contribution in [1.29, 1.82) is 0 Å². The van der Waals surface area contributed by atoms with Crippen molar-refractivity contribution in [3.63, 3.8) is 0 Å². The molecule has 0 amide bonds. The maximum atomic E-state index is 13.5. The summed E-state index contributed by atoms with van der Waals surface area (Å²) in [5, 5.41) is 10.1. The van der Waals surface area contributed by atoms with Crippen molar-refractivity contribution in [3.05, 3.63) is 89.0 Å². The van der Waals surface area contributed by atoms with E-state index in [0.29, 0.717) is 34.1 Å². The molecule has 0 unspecified atom stereocenters. The van der Waals surface area contributed by atoms with Gasteiger partial charge in [0, 0.05) is 23.2 Å². The van der Waals surface area contributed by atoms with Crippen LogP contribution in [0.25, 0.3) is 5.57 Å². The number of carbonyl (C=O) groups is 2. The van der Waals surface area contributed by atoms with Gasteiger partial charge in [0.2, 0.25) is 6.79 Å². The molecule has 8 heteroatoms. The molecular formula is C25H22NNaO6. The van der Waals surface area contributed by atoms with Gasteiger partial charge in [0.15, 0.2) is 17.3 Å². The minimum Gasteiger partial charge on any atom is -1.00 e. The standard InChI is InChI=1S/C25H21NO6.Na.H/c1-30-19-8-5-16(6-9-19)24(27)20(12-15-3-2-4-18(26)11-15)23(25(28)29)17-7-10-21-22(13-17)32-14-31-21;;/h2-11,13H,12,14,26H2,1H3,(H,28,29);;/q;+1;-1/b23-20-;;. The molecule has 0 saturated heterocycles. The number of rotatable bonds is 7. The molecule has 1 aliphatic heterocycles. The van der Waals surface area contributed by atoms with E-state index in [2.05, 4.69) is 0 Å². The van der Waals surface area contributed by atoms with Gasteiger partial charge in [0.05, 0.1) is 12.7 Å². The monoisotopic (exact) mass is 455 g/mol. The number of hydrogen-bond acceptors (Lipinski definition) is 6. The van der Waals surface area contributed by atoms with Gasteiger partial charge in [0.1, 0.15) is 5.75 Å². The van der Waals surface area contributed by atoms with Gasteiger partial charge in [0.25, 0.3) is 0 Å². The SMILES string of the molecule is COc1ccc(C(=O)/C(Cc2cccc(N)c2)=C(\C(=O)O)c2ccc3c(c2)OCO3)cc1.[H-].[Na+]. The van der Waals surface area contributed by atoms with Crippen molar-refractivity contribution < 1.29 is 59.9 Å². The molecule has 33 heavy (non-hydrogen) atoms. The van der Waals surface area contributed by atoms with Gasteiger partial charge in [-0.1, -0.05) is 18.2 Å². The molecule has 0 saturated carbocycles. The van der Waals surface area contributed by atoms with Gasteiger partial charge in [-0.3, -0.25) is 4.79 Å². The number of aliphatic carboxylic acids is 1. The van der Waals surface area contributed by atoms with Crippen molar-refractivity contribution in [2.75, 3.05) is 19.6 Å². The van der Waals surface area contributed by atoms with Crippen molar-refractivity contribution >= 4 is 23.0 Å². The smallest absolute Gasteiger partial charge is 1.00 e. The van der Waals surface area contributed by atoms with Crippen LogP contribution in [0.4, 0.5) is 5.69 Å². The maximum absolute atomic E-state index is 13.5. The van der Waals surface area contributed by atoms with Crippen LogP contribution < -0.4 is 49.5 Å². The van der Waals surface area contributed by atoms with Gasteiger partial charge >= 0.3 is 35.5 Å². The number of carboxylic acid groups (broad SMARTS) is 1. The molecule has 7 nitrogen and oxygen atoms in total. The van der Waals surface area contributed by atoms with E-state index in [1.807, 2.05) is 0 Å². The first-order valence-corrected chi connectivity index (χ1v) is 9.86. The van der Waals surface area contributed by atoms with Crippen LogP contribution in [0.15, 0.2) is 72.3 Å². The van der Waals surface area contributed by atoms with Crippen LogP contribution in [0.5, 0.6) is 17.2 Å². The first-order chi connectivity index (χ1) is 15.5. The fourth-order valence-electron chi connectivity index (χ4n) is 3.58. The zero-order valence-corrected chi connectivity index (χ0v) is 20.3. The molecule has 0 aromatic heterocycles. The van der Waals surface area contributed by atoms with E-state index >= 15 is 0 Å². The van der Waals surface area contributed by atoms with Crippen LogP contribution in [-0.2, 0) is 11.2 Å². The predicted molar refractivity (Wildman–Crippen MR) is 120 cm³/mol. The molecule has 1 aliphatic rings. The van der Waals surface area contributed by atoms with Crippen LogP contribution in [0, 0.1) is 0 Å². The number of ketones is 1. The van der Waals surface area contributed by atoms with Gasteiger partial charge < -0.3 is 26.5 Å². The average Bonchev–Trinajstić information content (AvgIpc) is 3.26. The number of carboxylic acids is 1. The van der Waals surface area contributed by atoms with E-state index in [9.17, 15) is 14.7 Å². The number of benzene rings is 3.